The molecular formula is C58H55N. The van der Waals surface area contributed by atoms with Crippen molar-refractivity contribution in [1.29, 1.82) is 0 Å². The lowest BCUT2D eigenvalue weighted by Crippen LogP contribution is -2.18. The van der Waals surface area contributed by atoms with E-state index in [0.717, 1.165) is 34.5 Å². The Hall–Kier alpha value is -6.66. The normalized spacial score (nSPS) is 14.7. The fourth-order valence-corrected chi connectivity index (χ4v) is 9.37. The topological polar surface area (TPSA) is 3.24 Å². The second-order valence-corrected chi connectivity index (χ2v) is 15.5. The fraction of sp³-hybridized carbons (Fsp3) is 0.155. The van der Waals surface area contributed by atoms with Crippen molar-refractivity contribution in [3.8, 4) is 33.4 Å². The molecule has 0 saturated carbocycles. The van der Waals surface area contributed by atoms with Gasteiger partial charge in [0.15, 0.2) is 0 Å². The average Bonchev–Trinajstić information content (AvgIpc) is 3.73. The molecule has 0 bridgehead atoms. The van der Waals surface area contributed by atoms with Gasteiger partial charge in [-0.05, 0) is 122 Å². The van der Waals surface area contributed by atoms with E-state index < -0.39 is 0 Å². The van der Waals surface area contributed by atoms with Gasteiger partial charge in [-0.3, -0.25) is 0 Å². The van der Waals surface area contributed by atoms with Crippen LogP contribution in [0.5, 0.6) is 0 Å². The minimum atomic E-state index is -0.275. The van der Waals surface area contributed by atoms with E-state index in [9.17, 15) is 0 Å². The van der Waals surface area contributed by atoms with Crippen LogP contribution in [0.25, 0.3) is 44.5 Å². The van der Waals surface area contributed by atoms with Crippen LogP contribution in [-0.4, -0.2) is 0 Å². The predicted octanol–water partition coefficient (Wildman–Crippen LogP) is 16.4. The quantitative estimate of drug-likeness (QED) is 0.0938. The summed E-state index contributed by atoms with van der Waals surface area (Å²) >= 11 is 0. The monoisotopic (exact) mass is 765 g/mol. The summed E-state index contributed by atoms with van der Waals surface area (Å²) in [4.78, 5) is 2.38. The summed E-state index contributed by atoms with van der Waals surface area (Å²) in [5.74, 6) is 0.285. The number of rotatable bonds is 11. The molecule has 59 heavy (non-hydrogen) atoms. The lowest BCUT2D eigenvalue weighted by atomic mass is 9.77. The molecule has 8 rings (SSSR count). The third kappa shape index (κ3) is 7.25. The first kappa shape index (κ1) is 40.5. The number of fused-ring (bicyclic) bond motifs is 4. The maximum atomic E-state index is 4.23. The Morgan fingerprint density at radius 2 is 1.39 bits per heavy atom. The number of allylic oxidation sites excluding steroid dienone is 8. The molecule has 0 heterocycles. The van der Waals surface area contributed by atoms with Gasteiger partial charge in [-0.25, -0.2) is 0 Å². The lowest BCUT2D eigenvalue weighted by molar-refractivity contribution is 0.653. The Bertz CT molecular complexity index is 2670. The highest BCUT2D eigenvalue weighted by atomic mass is 15.1. The van der Waals surface area contributed by atoms with Crippen LogP contribution in [0.2, 0.25) is 0 Å². The van der Waals surface area contributed by atoms with E-state index in [1.54, 1.807) is 0 Å². The summed E-state index contributed by atoms with van der Waals surface area (Å²) in [7, 11) is 0. The molecule has 0 amide bonds. The number of anilines is 2. The molecule has 1 nitrogen and oxygen atoms in total. The van der Waals surface area contributed by atoms with Crippen LogP contribution >= 0.6 is 0 Å². The van der Waals surface area contributed by atoms with E-state index in [4.69, 9.17) is 0 Å². The Balaban J connectivity index is 0.00000260. The zero-order valence-electron chi connectivity index (χ0n) is 35.5. The average molecular weight is 766 g/mol. The van der Waals surface area contributed by atoms with Crippen LogP contribution < -0.4 is 4.90 Å². The molecule has 2 aliphatic rings. The van der Waals surface area contributed by atoms with Crippen molar-refractivity contribution < 1.29 is 0 Å². The molecule has 0 fully saturated rings. The minimum Gasteiger partial charge on any atom is -0.317 e. The standard InChI is InChI=1S/C56H49N.C2H6/c1-8-20-41(45-28-19-29-50-47(21-9-2)51(11-4)56(6,7)55(45)50)36-37-57(42-32-30-40(31-33-42)39-23-13-12-14-24-39)52-35-34-49(44-25-16-15-22-38(44)5)53-43(10-3)46-26-17-18-27-48(46)54(52)53;1-2/h8,11-37,43H,1-2,4,10H2,3,5-7H3;1-2H3/b37-36-,41-20+;. The molecule has 1 heteroatoms. The van der Waals surface area contributed by atoms with Crippen molar-refractivity contribution >= 4 is 22.5 Å². The zero-order chi connectivity index (χ0) is 41.7. The molecule has 0 spiro atoms. The first-order valence-corrected chi connectivity index (χ1v) is 21.0. The van der Waals surface area contributed by atoms with E-state index in [-0.39, 0.29) is 11.3 Å². The molecule has 1 atom stereocenters. The van der Waals surface area contributed by atoms with Gasteiger partial charge in [0, 0.05) is 28.8 Å². The van der Waals surface area contributed by atoms with Crippen molar-refractivity contribution in [2.24, 2.45) is 0 Å². The summed E-state index contributed by atoms with van der Waals surface area (Å²) in [5, 5.41) is 0. The van der Waals surface area contributed by atoms with Gasteiger partial charge in [0.1, 0.15) is 0 Å². The molecule has 0 saturated heterocycles. The minimum absolute atomic E-state index is 0.275. The molecular weight excluding hydrogens is 711 g/mol. The molecule has 6 aromatic carbocycles. The summed E-state index contributed by atoms with van der Waals surface area (Å²) in [6.07, 6.45) is 13.5. The second-order valence-electron chi connectivity index (χ2n) is 15.5. The van der Waals surface area contributed by atoms with E-state index in [0.29, 0.717) is 0 Å². The van der Waals surface area contributed by atoms with Crippen LogP contribution in [0, 0.1) is 6.92 Å². The van der Waals surface area contributed by atoms with Gasteiger partial charge < -0.3 is 4.90 Å². The fourth-order valence-electron chi connectivity index (χ4n) is 9.37. The van der Waals surface area contributed by atoms with Gasteiger partial charge in [-0.2, -0.15) is 0 Å². The second kappa shape index (κ2) is 17.5. The van der Waals surface area contributed by atoms with Crippen LogP contribution in [0.3, 0.4) is 0 Å². The highest BCUT2D eigenvalue weighted by molar-refractivity contribution is 5.97. The van der Waals surface area contributed by atoms with Gasteiger partial charge in [-0.15, -0.1) is 5.73 Å². The summed E-state index contributed by atoms with van der Waals surface area (Å²) in [6, 6.07) is 48.6. The van der Waals surface area contributed by atoms with E-state index in [2.05, 4.69) is 210 Å². The Morgan fingerprint density at radius 3 is 2.07 bits per heavy atom. The summed E-state index contributed by atoms with van der Waals surface area (Å²) in [6.45, 7) is 25.4. The van der Waals surface area contributed by atoms with Crippen molar-refractivity contribution in [2.45, 2.75) is 59.3 Å². The SMILES string of the molecule is C=C=CC1=C(C=C)C(C)(C)c2c1cccc2C(/C=C\N(c1ccc(-c2ccccc2)cc1)c1ccc(-c2ccccc2C)c2c1-c1ccccc1C2CC)=C/C=C.CC. The van der Waals surface area contributed by atoms with Gasteiger partial charge in [0.05, 0.1) is 5.69 Å². The Labute approximate surface area is 353 Å². The predicted molar refractivity (Wildman–Crippen MR) is 257 cm³/mol. The van der Waals surface area contributed by atoms with Gasteiger partial charge >= 0.3 is 0 Å². The van der Waals surface area contributed by atoms with Gasteiger partial charge in [-0.1, -0.05) is 188 Å². The molecule has 0 aliphatic heterocycles. The highest BCUT2D eigenvalue weighted by Gasteiger charge is 2.38. The van der Waals surface area contributed by atoms with Crippen LogP contribution in [0.1, 0.15) is 80.3 Å². The third-order valence-corrected chi connectivity index (χ3v) is 11.9. The summed E-state index contributed by atoms with van der Waals surface area (Å²) in [5.41, 5.74) is 23.6. The largest absolute Gasteiger partial charge is 0.317 e. The Morgan fingerprint density at radius 1 is 0.729 bits per heavy atom. The molecule has 292 valence electrons. The molecule has 0 N–H and O–H groups in total. The number of benzene rings is 6. The maximum Gasteiger partial charge on any atom is 0.0537 e. The molecule has 2 aliphatic carbocycles. The van der Waals surface area contributed by atoms with Crippen molar-refractivity contribution in [3.05, 3.63) is 234 Å². The van der Waals surface area contributed by atoms with Crippen molar-refractivity contribution in [1.82, 2.24) is 0 Å². The van der Waals surface area contributed by atoms with E-state index >= 15 is 0 Å². The van der Waals surface area contributed by atoms with Crippen LogP contribution in [0.4, 0.5) is 11.4 Å². The van der Waals surface area contributed by atoms with Crippen molar-refractivity contribution in [2.75, 3.05) is 4.90 Å². The molecule has 0 radical (unpaired) electrons. The maximum absolute atomic E-state index is 4.23. The smallest absolute Gasteiger partial charge is 0.0537 e. The van der Waals surface area contributed by atoms with Crippen LogP contribution in [-0.2, 0) is 5.41 Å². The van der Waals surface area contributed by atoms with Gasteiger partial charge in [0.25, 0.3) is 0 Å². The van der Waals surface area contributed by atoms with Gasteiger partial charge in [0.2, 0.25) is 0 Å². The molecule has 1 unspecified atom stereocenters. The number of nitrogens with zero attached hydrogens (tertiary/aromatic N) is 1. The molecule has 6 aromatic rings. The lowest BCUT2D eigenvalue weighted by Gasteiger charge is -2.28. The van der Waals surface area contributed by atoms with E-state index in [1.807, 2.05) is 32.1 Å². The molecule has 0 aromatic heterocycles. The third-order valence-electron chi connectivity index (χ3n) is 11.9. The zero-order valence-corrected chi connectivity index (χ0v) is 35.5. The highest BCUT2D eigenvalue weighted by Crippen LogP contribution is 2.55. The van der Waals surface area contributed by atoms with Crippen molar-refractivity contribution in [3.63, 3.8) is 0 Å². The Kier molecular flexibility index (Phi) is 12.0. The van der Waals surface area contributed by atoms with E-state index in [1.165, 1.54) is 66.8 Å². The number of aryl methyl sites for hydroxylation is 1. The number of hydrogen-bond acceptors (Lipinski definition) is 1. The van der Waals surface area contributed by atoms with Crippen LogP contribution in [0.15, 0.2) is 201 Å². The summed E-state index contributed by atoms with van der Waals surface area (Å²) < 4.78 is 0. The number of hydrogen-bond donors (Lipinski definition) is 0. The first-order valence-electron chi connectivity index (χ1n) is 21.0. The first-order chi connectivity index (χ1) is 28.8.